The van der Waals surface area contributed by atoms with Crippen molar-refractivity contribution < 1.29 is 9.53 Å². The molecule has 0 aliphatic carbocycles. The molecule has 164 valence electrons. The number of nitrogens with zero attached hydrogens (tertiary/aromatic N) is 2. The number of nitrogens with one attached hydrogen (secondary N) is 1. The van der Waals surface area contributed by atoms with Gasteiger partial charge in [0.2, 0.25) is 0 Å². The van der Waals surface area contributed by atoms with Crippen molar-refractivity contribution in [1.82, 2.24) is 9.80 Å². The minimum Gasteiger partial charge on any atom is -0.497 e. The van der Waals surface area contributed by atoms with Gasteiger partial charge in [-0.05, 0) is 55.6 Å². The lowest BCUT2D eigenvalue weighted by atomic mass is 9.94. The van der Waals surface area contributed by atoms with E-state index >= 15 is 0 Å². The third kappa shape index (κ3) is 4.70. The molecule has 1 atom stereocenters. The summed E-state index contributed by atoms with van der Waals surface area (Å²) in [6.07, 6.45) is 0. The lowest BCUT2D eigenvalue weighted by molar-refractivity contribution is 0.103. The van der Waals surface area contributed by atoms with E-state index in [1.807, 2.05) is 29.6 Å². The van der Waals surface area contributed by atoms with Crippen LogP contribution in [-0.2, 0) is 0 Å². The molecule has 1 unspecified atom stereocenters. The van der Waals surface area contributed by atoms with E-state index in [2.05, 4.69) is 48.1 Å². The van der Waals surface area contributed by atoms with Crippen LogP contribution in [0.5, 0.6) is 5.75 Å². The molecule has 1 amide bonds. The summed E-state index contributed by atoms with van der Waals surface area (Å²) in [4.78, 5) is 19.8. The molecule has 1 aliphatic heterocycles. The zero-order valence-corrected chi connectivity index (χ0v) is 20.1. The minimum atomic E-state index is -0.0376. The van der Waals surface area contributed by atoms with Crippen molar-refractivity contribution in [3.8, 4) is 5.75 Å². The number of rotatable bonds is 6. The Morgan fingerprint density at radius 1 is 1.10 bits per heavy atom. The Labute approximate surface area is 192 Å². The Morgan fingerprint density at radius 3 is 2.42 bits per heavy atom. The van der Waals surface area contributed by atoms with Crippen LogP contribution >= 0.6 is 22.7 Å². The zero-order valence-electron chi connectivity index (χ0n) is 18.5. The summed E-state index contributed by atoms with van der Waals surface area (Å²) in [6, 6.07) is 12.2. The molecular formula is C24H29N3O2S2. The summed E-state index contributed by atoms with van der Waals surface area (Å²) in [5, 5.41) is 6.11. The van der Waals surface area contributed by atoms with Gasteiger partial charge in [-0.3, -0.25) is 9.69 Å². The average molecular weight is 456 g/mol. The van der Waals surface area contributed by atoms with Crippen LogP contribution in [-0.4, -0.2) is 56.0 Å². The molecule has 1 N–H and O–H groups in total. The van der Waals surface area contributed by atoms with E-state index in [4.69, 9.17) is 4.74 Å². The van der Waals surface area contributed by atoms with Gasteiger partial charge in [-0.15, -0.1) is 22.7 Å². The summed E-state index contributed by atoms with van der Waals surface area (Å²) < 4.78 is 5.39. The molecule has 1 aromatic carbocycles. The Balaban J connectivity index is 1.75. The lowest BCUT2D eigenvalue weighted by Crippen LogP contribution is -2.46. The molecule has 0 radical (unpaired) electrons. The van der Waals surface area contributed by atoms with Crippen molar-refractivity contribution in [3.63, 3.8) is 0 Å². The van der Waals surface area contributed by atoms with Crippen molar-refractivity contribution in [1.29, 1.82) is 0 Å². The van der Waals surface area contributed by atoms with Crippen molar-refractivity contribution >= 4 is 33.6 Å². The standard InChI is InChI=1S/C24H29N3O2S2/c1-16-17(2)31-24(25-23(28)20-6-5-15-30-20)21(16)22(27-13-11-26(3)12-14-27)18-7-9-19(29-4)10-8-18/h5-10,15,22H,11-14H2,1-4H3,(H,25,28). The summed E-state index contributed by atoms with van der Waals surface area (Å²) in [5.74, 6) is 0.815. The number of methoxy groups -OCH3 is 1. The molecule has 31 heavy (non-hydrogen) atoms. The van der Waals surface area contributed by atoms with Crippen LogP contribution in [0.15, 0.2) is 41.8 Å². The van der Waals surface area contributed by atoms with E-state index in [0.29, 0.717) is 0 Å². The summed E-state index contributed by atoms with van der Waals surface area (Å²) in [6.45, 7) is 8.35. The van der Waals surface area contributed by atoms with Crippen LogP contribution in [0.1, 0.15) is 37.3 Å². The molecule has 0 spiro atoms. The number of amides is 1. The molecule has 5 nitrogen and oxygen atoms in total. The molecule has 4 rings (SSSR count). The van der Waals surface area contributed by atoms with Gasteiger partial charge in [0.25, 0.3) is 5.91 Å². The number of carbonyl (C=O) groups is 1. The third-order valence-corrected chi connectivity index (χ3v) is 8.02. The fourth-order valence-corrected chi connectivity index (χ4v) is 5.77. The van der Waals surface area contributed by atoms with E-state index in [0.717, 1.165) is 41.8 Å². The Bertz CT molecular complexity index is 1020. The van der Waals surface area contributed by atoms with Gasteiger partial charge >= 0.3 is 0 Å². The van der Waals surface area contributed by atoms with Crippen LogP contribution in [0, 0.1) is 13.8 Å². The van der Waals surface area contributed by atoms with Gasteiger partial charge in [0.05, 0.1) is 18.0 Å². The number of aryl methyl sites for hydroxylation is 1. The monoisotopic (exact) mass is 455 g/mol. The molecule has 0 bridgehead atoms. The summed E-state index contributed by atoms with van der Waals surface area (Å²) in [5.41, 5.74) is 3.69. The van der Waals surface area contributed by atoms with Crippen molar-refractivity contribution in [2.24, 2.45) is 0 Å². The zero-order chi connectivity index (χ0) is 22.0. The molecular weight excluding hydrogens is 426 g/mol. The largest absolute Gasteiger partial charge is 0.497 e. The van der Waals surface area contributed by atoms with Gasteiger partial charge in [-0.2, -0.15) is 0 Å². The number of ether oxygens (including phenoxy) is 1. The number of hydrogen-bond acceptors (Lipinski definition) is 6. The second-order valence-corrected chi connectivity index (χ2v) is 10.1. The molecule has 1 aliphatic rings. The van der Waals surface area contributed by atoms with Crippen LogP contribution < -0.4 is 10.1 Å². The van der Waals surface area contributed by atoms with Crippen LogP contribution in [0.2, 0.25) is 0 Å². The first kappa shape index (κ1) is 22.0. The van der Waals surface area contributed by atoms with Crippen LogP contribution in [0.3, 0.4) is 0 Å². The third-order valence-electron chi connectivity index (χ3n) is 6.01. The Hall–Kier alpha value is -2.19. The van der Waals surface area contributed by atoms with Crippen LogP contribution in [0.4, 0.5) is 5.00 Å². The molecule has 3 aromatic rings. The quantitative estimate of drug-likeness (QED) is 0.567. The minimum absolute atomic E-state index is 0.0376. The topological polar surface area (TPSA) is 44.8 Å². The van der Waals surface area contributed by atoms with E-state index in [-0.39, 0.29) is 11.9 Å². The summed E-state index contributed by atoms with van der Waals surface area (Å²) in [7, 11) is 3.87. The molecule has 0 saturated carbocycles. The number of piperazine rings is 1. The predicted molar refractivity (Wildman–Crippen MR) is 130 cm³/mol. The van der Waals surface area contributed by atoms with E-state index < -0.39 is 0 Å². The van der Waals surface area contributed by atoms with Crippen molar-refractivity contribution in [2.75, 3.05) is 45.7 Å². The number of carbonyl (C=O) groups excluding carboxylic acids is 1. The molecule has 2 aromatic heterocycles. The second kappa shape index (κ2) is 9.53. The maximum Gasteiger partial charge on any atom is 0.266 e. The lowest BCUT2D eigenvalue weighted by Gasteiger charge is -2.39. The smallest absolute Gasteiger partial charge is 0.266 e. The van der Waals surface area contributed by atoms with E-state index in [9.17, 15) is 4.79 Å². The number of hydrogen-bond donors (Lipinski definition) is 1. The van der Waals surface area contributed by atoms with Crippen LogP contribution in [0.25, 0.3) is 0 Å². The Kier molecular flexibility index (Phi) is 6.77. The SMILES string of the molecule is COc1ccc(C(c2c(NC(=O)c3cccs3)sc(C)c2C)N2CCN(C)CC2)cc1. The van der Waals surface area contributed by atoms with Gasteiger partial charge in [0, 0.05) is 36.6 Å². The Morgan fingerprint density at radius 2 is 1.81 bits per heavy atom. The fourth-order valence-electron chi connectivity index (χ4n) is 4.07. The van der Waals surface area contributed by atoms with Gasteiger partial charge in [0.15, 0.2) is 0 Å². The maximum absolute atomic E-state index is 12.9. The number of likely N-dealkylation sites (N-methyl/N-ethyl adjacent to an activating group) is 1. The predicted octanol–water partition coefficient (Wildman–Crippen LogP) is 5.02. The first-order valence-electron chi connectivity index (χ1n) is 10.5. The number of benzene rings is 1. The van der Waals surface area contributed by atoms with Gasteiger partial charge in [-0.25, -0.2) is 0 Å². The van der Waals surface area contributed by atoms with E-state index in [1.165, 1.54) is 32.9 Å². The van der Waals surface area contributed by atoms with Gasteiger partial charge in [-0.1, -0.05) is 18.2 Å². The fraction of sp³-hybridized carbons (Fsp3) is 0.375. The highest BCUT2D eigenvalue weighted by atomic mass is 32.1. The van der Waals surface area contributed by atoms with E-state index in [1.54, 1.807) is 18.4 Å². The highest BCUT2D eigenvalue weighted by molar-refractivity contribution is 7.17. The number of thiophene rings is 2. The first-order chi connectivity index (χ1) is 15.0. The maximum atomic E-state index is 12.9. The average Bonchev–Trinajstić information content (AvgIpc) is 3.40. The first-order valence-corrected chi connectivity index (χ1v) is 12.2. The molecule has 3 heterocycles. The highest BCUT2D eigenvalue weighted by Gasteiger charge is 2.31. The van der Waals surface area contributed by atoms with Crippen molar-refractivity contribution in [3.05, 3.63) is 68.2 Å². The van der Waals surface area contributed by atoms with Crippen molar-refractivity contribution in [2.45, 2.75) is 19.9 Å². The molecule has 7 heteroatoms. The van der Waals surface area contributed by atoms with Gasteiger partial charge in [0.1, 0.15) is 10.8 Å². The summed E-state index contributed by atoms with van der Waals surface area (Å²) >= 11 is 3.14. The second-order valence-electron chi connectivity index (χ2n) is 7.97. The molecule has 1 saturated heterocycles. The number of anilines is 1. The normalized spacial score (nSPS) is 16.3. The molecule has 1 fully saturated rings. The highest BCUT2D eigenvalue weighted by Crippen LogP contribution is 2.43. The van der Waals surface area contributed by atoms with Gasteiger partial charge < -0.3 is 15.0 Å².